The van der Waals surface area contributed by atoms with Gasteiger partial charge in [0.1, 0.15) is 5.75 Å². The van der Waals surface area contributed by atoms with Gasteiger partial charge in [-0.1, -0.05) is 33.6 Å². The minimum Gasteiger partial charge on any atom is -0.495 e. The molecule has 1 aromatic rings. The fourth-order valence-electron chi connectivity index (χ4n) is 2.23. The van der Waals surface area contributed by atoms with E-state index < -0.39 is 10.0 Å². The number of sulfonamides is 1. The van der Waals surface area contributed by atoms with Crippen molar-refractivity contribution in [2.45, 2.75) is 38.5 Å². The van der Waals surface area contributed by atoms with Crippen LogP contribution in [0.5, 0.6) is 5.75 Å². The monoisotopic (exact) mass is 314 g/mol. The number of rotatable bonds is 8. The number of ether oxygens (including phenoxy) is 1. The number of benzene rings is 1. The molecule has 0 unspecified atom stereocenters. The lowest BCUT2D eigenvalue weighted by Crippen LogP contribution is -2.35. The zero-order valence-electron chi connectivity index (χ0n) is 13.3. The molecule has 0 saturated heterocycles. The van der Waals surface area contributed by atoms with E-state index in [0.717, 1.165) is 12.8 Å². The molecular weight excluding hydrogens is 288 g/mol. The van der Waals surface area contributed by atoms with Gasteiger partial charge in [0.05, 0.1) is 17.7 Å². The fraction of sp³-hybridized carbons (Fsp3) is 0.600. The van der Waals surface area contributed by atoms with Crippen LogP contribution in [0.15, 0.2) is 23.1 Å². The molecule has 0 aromatic heterocycles. The molecule has 1 rings (SSSR count). The summed E-state index contributed by atoms with van der Waals surface area (Å²) in [6.07, 6.45) is 1.93. The van der Waals surface area contributed by atoms with E-state index in [1.807, 2.05) is 6.92 Å². The Bertz CT molecular complexity index is 554. The molecule has 0 fully saturated rings. The molecular formula is C15H26N2O3S. The summed E-state index contributed by atoms with van der Waals surface area (Å²) in [5.74, 6) is 0.755. The van der Waals surface area contributed by atoms with E-state index in [-0.39, 0.29) is 4.90 Å². The van der Waals surface area contributed by atoms with Gasteiger partial charge in [-0.3, -0.25) is 0 Å². The second-order valence-corrected chi connectivity index (χ2v) is 6.98. The average Bonchev–Trinajstić information content (AvgIpc) is 2.48. The third kappa shape index (κ3) is 4.11. The zero-order chi connectivity index (χ0) is 16.0. The van der Waals surface area contributed by atoms with Crippen LogP contribution in [0.1, 0.15) is 33.6 Å². The first-order valence-electron chi connectivity index (χ1n) is 7.34. The van der Waals surface area contributed by atoms with E-state index >= 15 is 0 Å². The van der Waals surface area contributed by atoms with Gasteiger partial charge in [-0.2, -0.15) is 4.31 Å². The summed E-state index contributed by atoms with van der Waals surface area (Å²) < 4.78 is 32.1. The predicted octanol–water partition coefficient (Wildman–Crippen LogP) is 2.72. The molecule has 5 nitrogen and oxygen atoms in total. The maximum atomic E-state index is 12.7. The Morgan fingerprint density at radius 1 is 1.24 bits per heavy atom. The first-order valence-corrected chi connectivity index (χ1v) is 8.78. The van der Waals surface area contributed by atoms with Gasteiger partial charge in [-0.05, 0) is 18.1 Å². The predicted molar refractivity (Wildman–Crippen MR) is 85.9 cm³/mol. The van der Waals surface area contributed by atoms with Crippen molar-refractivity contribution in [1.82, 2.24) is 4.31 Å². The Morgan fingerprint density at radius 2 is 1.86 bits per heavy atom. The Morgan fingerprint density at radius 3 is 2.33 bits per heavy atom. The van der Waals surface area contributed by atoms with Gasteiger partial charge >= 0.3 is 0 Å². The molecule has 0 aliphatic rings. The largest absolute Gasteiger partial charge is 0.495 e. The van der Waals surface area contributed by atoms with Gasteiger partial charge in [0, 0.05) is 19.2 Å². The van der Waals surface area contributed by atoms with Gasteiger partial charge in [0.2, 0.25) is 10.0 Å². The molecule has 120 valence electrons. The molecule has 0 bridgehead atoms. The summed E-state index contributed by atoms with van der Waals surface area (Å²) >= 11 is 0. The second-order valence-electron chi connectivity index (χ2n) is 5.04. The normalized spacial score (nSPS) is 12.1. The van der Waals surface area contributed by atoms with Crippen LogP contribution in [-0.2, 0) is 10.0 Å². The van der Waals surface area contributed by atoms with Crippen LogP contribution in [0.2, 0.25) is 0 Å². The van der Waals surface area contributed by atoms with Crippen molar-refractivity contribution < 1.29 is 13.2 Å². The van der Waals surface area contributed by atoms with Crippen molar-refractivity contribution in [1.29, 1.82) is 0 Å². The quantitative estimate of drug-likeness (QED) is 0.749. The second kappa shape index (κ2) is 7.66. The Kier molecular flexibility index (Phi) is 6.48. The highest BCUT2D eigenvalue weighted by Gasteiger charge is 2.25. The maximum Gasteiger partial charge on any atom is 0.243 e. The van der Waals surface area contributed by atoms with Crippen LogP contribution in [0.4, 0.5) is 5.69 Å². The van der Waals surface area contributed by atoms with Crippen LogP contribution in [0.3, 0.4) is 0 Å². The molecule has 21 heavy (non-hydrogen) atoms. The number of methoxy groups -OCH3 is 1. The lowest BCUT2D eigenvalue weighted by Gasteiger charge is -2.25. The van der Waals surface area contributed by atoms with Gasteiger partial charge in [-0.25, -0.2) is 8.42 Å². The Balaban J connectivity index is 3.12. The number of nitrogen functional groups attached to an aromatic ring is 1. The van der Waals surface area contributed by atoms with Gasteiger partial charge in [0.15, 0.2) is 0 Å². The molecule has 0 spiro atoms. The van der Waals surface area contributed by atoms with E-state index in [1.54, 1.807) is 6.07 Å². The number of anilines is 1. The topological polar surface area (TPSA) is 72.6 Å². The van der Waals surface area contributed by atoms with Crippen LogP contribution in [0, 0.1) is 5.92 Å². The highest BCUT2D eigenvalue weighted by molar-refractivity contribution is 7.89. The van der Waals surface area contributed by atoms with Crippen molar-refractivity contribution >= 4 is 15.7 Å². The summed E-state index contributed by atoms with van der Waals surface area (Å²) in [7, 11) is -2.04. The van der Waals surface area contributed by atoms with Gasteiger partial charge in [0.25, 0.3) is 0 Å². The van der Waals surface area contributed by atoms with Crippen molar-refractivity contribution in [3.8, 4) is 5.75 Å². The number of nitrogens with zero attached hydrogens (tertiary/aromatic N) is 1. The molecule has 0 amide bonds. The van der Waals surface area contributed by atoms with E-state index in [4.69, 9.17) is 10.5 Å². The number of nitrogens with two attached hydrogens (primary N) is 1. The van der Waals surface area contributed by atoms with Crippen molar-refractivity contribution in [3.63, 3.8) is 0 Å². The molecule has 6 heteroatoms. The van der Waals surface area contributed by atoms with Crippen molar-refractivity contribution in [2.75, 3.05) is 25.9 Å². The summed E-state index contributed by atoms with van der Waals surface area (Å²) in [4.78, 5) is 0.223. The van der Waals surface area contributed by atoms with Crippen molar-refractivity contribution in [3.05, 3.63) is 18.2 Å². The lowest BCUT2D eigenvalue weighted by molar-refractivity contribution is 0.339. The summed E-state index contributed by atoms with van der Waals surface area (Å²) in [6.45, 7) is 7.01. The van der Waals surface area contributed by atoms with Crippen LogP contribution in [0.25, 0.3) is 0 Å². The first-order chi connectivity index (χ1) is 9.90. The molecule has 0 radical (unpaired) electrons. The highest BCUT2D eigenvalue weighted by atomic mass is 32.2. The standard InChI is InChI=1S/C15H26N2O3S/c1-5-12(6-2)11-17(7-3)21(18,19)13-8-9-14(16)15(10-13)20-4/h8-10,12H,5-7,11,16H2,1-4H3. The molecule has 0 saturated carbocycles. The van der Waals surface area contributed by atoms with E-state index in [2.05, 4.69) is 13.8 Å². The smallest absolute Gasteiger partial charge is 0.243 e. The molecule has 2 N–H and O–H groups in total. The number of hydrogen-bond acceptors (Lipinski definition) is 4. The Labute approximate surface area is 128 Å². The van der Waals surface area contributed by atoms with Crippen LogP contribution < -0.4 is 10.5 Å². The lowest BCUT2D eigenvalue weighted by atomic mass is 10.0. The SMILES string of the molecule is CCC(CC)CN(CC)S(=O)(=O)c1ccc(N)c(OC)c1. The molecule has 0 atom stereocenters. The third-order valence-electron chi connectivity index (χ3n) is 3.81. The summed E-state index contributed by atoms with van der Waals surface area (Å²) in [6, 6.07) is 4.58. The van der Waals surface area contributed by atoms with E-state index in [1.165, 1.54) is 23.5 Å². The first kappa shape index (κ1) is 17.8. The molecule has 0 aliphatic heterocycles. The summed E-state index contributed by atoms with van der Waals surface area (Å²) in [5, 5.41) is 0. The Hall–Kier alpha value is -1.27. The van der Waals surface area contributed by atoms with Gasteiger partial charge < -0.3 is 10.5 Å². The van der Waals surface area contributed by atoms with Crippen LogP contribution >= 0.6 is 0 Å². The van der Waals surface area contributed by atoms with E-state index in [9.17, 15) is 8.42 Å². The minimum absolute atomic E-state index is 0.223. The van der Waals surface area contributed by atoms with Crippen LogP contribution in [-0.4, -0.2) is 32.9 Å². The average molecular weight is 314 g/mol. The summed E-state index contributed by atoms with van der Waals surface area (Å²) in [5.41, 5.74) is 6.17. The van der Waals surface area contributed by atoms with E-state index in [0.29, 0.717) is 30.4 Å². The highest BCUT2D eigenvalue weighted by Crippen LogP contribution is 2.27. The fourth-order valence-corrected chi connectivity index (χ4v) is 3.77. The number of hydrogen-bond donors (Lipinski definition) is 1. The third-order valence-corrected chi connectivity index (χ3v) is 5.75. The maximum absolute atomic E-state index is 12.7. The minimum atomic E-state index is -3.52. The van der Waals surface area contributed by atoms with Gasteiger partial charge in [-0.15, -0.1) is 0 Å². The van der Waals surface area contributed by atoms with Crippen molar-refractivity contribution in [2.24, 2.45) is 5.92 Å². The molecule has 0 heterocycles. The molecule has 0 aliphatic carbocycles. The molecule has 1 aromatic carbocycles. The zero-order valence-corrected chi connectivity index (χ0v) is 14.1.